The third kappa shape index (κ3) is 5.37. The number of thioether (sulfide) groups is 1. The first-order chi connectivity index (χ1) is 15.8. The minimum Gasteiger partial charge on any atom is -0.326 e. The van der Waals surface area contributed by atoms with Gasteiger partial charge in [0.25, 0.3) is 0 Å². The molecule has 1 fully saturated rings. The van der Waals surface area contributed by atoms with Gasteiger partial charge in [0.1, 0.15) is 0 Å². The van der Waals surface area contributed by atoms with E-state index in [2.05, 4.69) is 15.6 Å². The zero-order valence-electron chi connectivity index (χ0n) is 18.2. The van der Waals surface area contributed by atoms with Gasteiger partial charge in [0.15, 0.2) is 5.13 Å². The smallest absolute Gasteiger partial charge is 0.243 e. The van der Waals surface area contributed by atoms with Gasteiger partial charge in [-0.25, -0.2) is 13.4 Å². The molecule has 2 N–H and O–H groups in total. The van der Waals surface area contributed by atoms with Crippen molar-refractivity contribution in [3.05, 3.63) is 42.5 Å². The van der Waals surface area contributed by atoms with Gasteiger partial charge in [0, 0.05) is 36.5 Å². The minimum absolute atomic E-state index is 0.155. The number of carbonyl (C=O) groups is 2. The Morgan fingerprint density at radius 1 is 1.09 bits per heavy atom. The summed E-state index contributed by atoms with van der Waals surface area (Å²) in [6.45, 7) is 2.04. The Morgan fingerprint density at radius 2 is 1.79 bits per heavy atom. The highest BCUT2D eigenvalue weighted by Crippen LogP contribution is 2.30. The lowest BCUT2D eigenvalue weighted by molar-refractivity contribution is -0.121. The highest BCUT2D eigenvalue weighted by atomic mass is 32.2. The molecule has 0 unspecified atom stereocenters. The summed E-state index contributed by atoms with van der Waals surface area (Å²) in [4.78, 5) is 29.7. The molecule has 2 heterocycles. The number of rotatable bonds is 6. The zero-order chi connectivity index (χ0) is 23.6. The van der Waals surface area contributed by atoms with Crippen molar-refractivity contribution in [1.29, 1.82) is 0 Å². The van der Waals surface area contributed by atoms with Crippen LogP contribution in [0.2, 0.25) is 0 Å². The lowest BCUT2D eigenvalue weighted by Gasteiger charge is -2.30. The van der Waals surface area contributed by atoms with E-state index in [9.17, 15) is 18.0 Å². The lowest BCUT2D eigenvalue weighted by atomic mass is 9.97. The van der Waals surface area contributed by atoms with Crippen LogP contribution in [0.25, 0.3) is 10.2 Å². The number of amides is 2. The number of piperidine rings is 1. The highest BCUT2D eigenvalue weighted by molar-refractivity contribution is 7.98. The van der Waals surface area contributed by atoms with Gasteiger partial charge in [-0.3, -0.25) is 9.59 Å². The Hall–Kier alpha value is -2.47. The Labute approximate surface area is 200 Å². The van der Waals surface area contributed by atoms with E-state index in [0.29, 0.717) is 36.8 Å². The highest BCUT2D eigenvalue weighted by Gasteiger charge is 2.32. The molecule has 1 aromatic heterocycles. The van der Waals surface area contributed by atoms with E-state index in [4.69, 9.17) is 0 Å². The van der Waals surface area contributed by atoms with Gasteiger partial charge in [-0.15, -0.1) is 11.8 Å². The van der Waals surface area contributed by atoms with Crippen LogP contribution in [0.1, 0.15) is 19.8 Å². The summed E-state index contributed by atoms with van der Waals surface area (Å²) in [6, 6.07) is 12.2. The number of sulfonamides is 1. The van der Waals surface area contributed by atoms with E-state index < -0.39 is 10.0 Å². The summed E-state index contributed by atoms with van der Waals surface area (Å²) in [5.41, 5.74) is 1.41. The molecule has 0 aliphatic carbocycles. The van der Waals surface area contributed by atoms with Crippen molar-refractivity contribution < 1.29 is 18.0 Å². The summed E-state index contributed by atoms with van der Waals surface area (Å²) < 4.78 is 28.2. The number of benzene rings is 2. The second-order valence-corrected chi connectivity index (χ2v) is 11.6. The normalized spacial score (nSPS) is 15.5. The van der Waals surface area contributed by atoms with Crippen molar-refractivity contribution >= 4 is 66.0 Å². The first kappa shape index (κ1) is 23.7. The number of nitrogens with zero attached hydrogens (tertiary/aromatic N) is 2. The Balaban J connectivity index is 1.37. The van der Waals surface area contributed by atoms with E-state index in [1.807, 2.05) is 12.3 Å². The number of fused-ring (bicyclic) bond motifs is 1. The maximum absolute atomic E-state index is 12.9. The minimum atomic E-state index is -3.57. The van der Waals surface area contributed by atoms with Crippen molar-refractivity contribution in [2.24, 2.45) is 5.92 Å². The first-order valence-electron chi connectivity index (χ1n) is 10.4. The van der Waals surface area contributed by atoms with E-state index in [1.54, 1.807) is 48.2 Å². The number of hydrogen-bond acceptors (Lipinski definition) is 7. The molecule has 1 saturated heterocycles. The van der Waals surface area contributed by atoms with Gasteiger partial charge in [-0.1, -0.05) is 11.3 Å². The van der Waals surface area contributed by atoms with Crippen molar-refractivity contribution in [3.8, 4) is 0 Å². The summed E-state index contributed by atoms with van der Waals surface area (Å²) >= 11 is 2.89. The predicted octanol–water partition coefficient (Wildman–Crippen LogP) is 4.02. The molecule has 3 aromatic rings. The maximum atomic E-state index is 12.9. The number of thiazole rings is 1. The molecule has 8 nitrogen and oxygen atoms in total. The van der Waals surface area contributed by atoms with E-state index in [-0.39, 0.29) is 22.6 Å². The van der Waals surface area contributed by atoms with Crippen LogP contribution in [0.3, 0.4) is 0 Å². The lowest BCUT2D eigenvalue weighted by Crippen LogP contribution is -2.41. The summed E-state index contributed by atoms with van der Waals surface area (Å²) in [7, 11) is -3.57. The topological polar surface area (TPSA) is 108 Å². The molecule has 11 heteroatoms. The Kier molecular flexibility index (Phi) is 7.03. The van der Waals surface area contributed by atoms with Crippen LogP contribution in [0.4, 0.5) is 10.8 Å². The fourth-order valence-corrected chi connectivity index (χ4v) is 6.51. The SMILES string of the molecule is CSc1ccc(S(=O)(=O)N2CCC(C(=O)Nc3nc4ccc(NC(C)=O)cc4s3)CC2)cc1. The van der Waals surface area contributed by atoms with E-state index >= 15 is 0 Å². The van der Waals surface area contributed by atoms with Crippen LogP contribution in [-0.2, 0) is 19.6 Å². The largest absolute Gasteiger partial charge is 0.326 e. The Bertz CT molecular complexity index is 1280. The third-order valence-corrected chi connectivity index (χ3v) is 9.05. The van der Waals surface area contributed by atoms with Crippen LogP contribution in [0.5, 0.6) is 0 Å². The van der Waals surface area contributed by atoms with Crippen molar-refractivity contribution in [1.82, 2.24) is 9.29 Å². The van der Waals surface area contributed by atoms with Crippen LogP contribution >= 0.6 is 23.1 Å². The molecule has 0 radical (unpaired) electrons. The molecule has 1 aliphatic heterocycles. The fourth-order valence-electron chi connectivity index (χ4n) is 3.72. The van der Waals surface area contributed by atoms with Crippen molar-refractivity contribution in [2.45, 2.75) is 29.6 Å². The summed E-state index contributed by atoms with van der Waals surface area (Å²) in [6.07, 6.45) is 2.84. The average molecular weight is 505 g/mol. The van der Waals surface area contributed by atoms with Gasteiger partial charge < -0.3 is 10.6 Å². The molecule has 33 heavy (non-hydrogen) atoms. The molecule has 0 saturated carbocycles. The first-order valence-corrected chi connectivity index (χ1v) is 13.9. The molecule has 174 valence electrons. The van der Waals surface area contributed by atoms with E-state index in [0.717, 1.165) is 15.1 Å². The number of nitrogens with one attached hydrogen (secondary N) is 2. The third-order valence-electron chi connectivity index (χ3n) is 5.46. The molecule has 2 amide bonds. The van der Waals surface area contributed by atoms with Gasteiger partial charge in [0.05, 0.1) is 15.1 Å². The predicted molar refractivity (Wildman–Crippen MR) is 132 cm³/mol. The molecule has 1 aliphatic rings. The Morgan fingerprint density at radius 3 is 2.42 bits per heavy atom. The quantitative estimate of drug-likeness (QED) is 0.491. The summed E-state index contributed by atoms with van der Waals surface area (Å²) in [5, 5.41) is 6.09. The fraction of sp³-hybridized carbons (Fsp3) is 0.318. The van der Waals surface area contributed by atoms with E-state index in [1.165, 1.54) is 22.6 Å². The molecular formula is C22H24N4O4S3. The molecule has 0 spiro atoms. The molecule has 0 bridgehead atoms. The number of anilines is 2. The van der Waals surface area contributed by atoms with Crippen LogP contribution in [0, 0.1) is 5.92 Å². The van der Waals surface area contributed by atoms with Crippen molar-refractivity contribution in [2.75, 3.05) is 30.0 Å². The number of aromatic nitrogens is 1. The monoisotopic (exact) mass is 504 g/mol. The van der Waals surface area contributed by atoms with Gasteiger partial charge in [-0.2, -0.15) is 4.31 Å². The second-order valence-electron chi connectivity index (χ2n) is 7.73. The van der Waals surface area contributed by atoms with Crippen LogP contribution in [0.15, 0.2) is 52.3 Å². The van der Waals surface area contributed by atoms with Crippen LogP contribution in [-0.4, -0.2) is 48.9 Å². The summed E-state index contributed by atoms with van der Waals surface area (Å²) in [5.74, 6) is -0.590. The molecule has 2 aromatic carbocycles. The van der Waals surface area contributed by atoms with Gasteiger partial charge in [0.2, 0.25) is 21.8 Å². The zero-order valence-corrected chi connectivity index (χ0v) is 20.6. The van der Waals surface area contributed by atoms with Gasteiger partial charge in [-0.05, 0) is 61.6 Å². The standard InChI is InChI=1S/C22H24N4O4S3/c1-14(27)23-16-3-8-19-20(13-16)32-22(24-19)25-21(28)15-9-11-26(12-10-15)33(29,30)18-6-4-17(31-2)5-7-18/h3-8,13,15H,9-12H2,1-2H3,(H,23,27)(H,24,25,28). The molecule has 0 atom stereocenters. The maximum Gasteiger partial charge on any atom is 0.243 e. The second kappa shape index (κ2) is 9.80. The molecule has 4 rings (SSSR count). The van der Waals surface area contributed by atoms with Crippen LogP contribution < -0.4 is 10.6 Å². The van der Waals surface area contributed by atoms with Crippen molar-refractivity contribution in [3.63, 3.8) is 0 Å². The average Bonchev–Trinajstić information content (AvgIpc) is 3.20. The number of carbonyl (C=O) groups excluding carboxylic acids is 2. The molecular weight excluding hydrogens is 480 g/mol. The van der Waals surface area contributed by atoms with Gasteiger partial charge >= 0.3 is 0 Å². The number of hydrogen-bond donors (Lipinski definition) is 2.